The number of hydrogen-bond acceptors (Lipinski definition) is 6. The number of benzene rings is 1. The summed E-state index contributed by atoms with van der Waals surface area (Å²) in [5.41, 5.74) is 3.17. The minimum absolute atomic E-state index is 0.224. The van der Waals surface area contributed by atoms with E-state index in [0.29, 0.717) is 41.9 Å². The van der Waals surface area contributed by atoms with Crippen LogP contribution in [0, 0.1) is 0 Å². The van der Waals surface area contributed by atoms with Crippen LogP contribution in [-0.2, 0) is 11.2 Å². The summed E-state index contributed by atoms with van der Waals surface area (Å²) in [6, 6.07) is 5.99. The molecule has 0 radical (unpaired) electrons. The monoisotopic (exact) mass is 509 g/mol. The van der Waals surface area contributed by atoms with Gasteiger partial charge < -0.3 is 15.4 Å². The maximum atomic E-state index is 13.6. The van der Waals surface area contributed by atoms with Crippen molar-refractivity contribution in [3.8, 4) is 5.75 Å². The van der Waals surface area contributed by atoms with Crippen molar-refractivity contribution in [2.75, 3.05) is 50.6 Å². The van der Waals surface area contributed by atoms with E-state index >= 15 is 0 Å². The SMILES string of the molecule is COc1c(NC=O)ccc2c1C[C@@H](C)N(CC(F)(F)F)[C@@H]2c1ccc(NC2CN(CCCF)C2)cn1. The quantitative estimate of drug-likeness (QED) is 0.373. The zero-order valence-corrected chi connectivity index (χ0v) is 20.3. The summed E-state index contributed by atoms with van der Waals surface area (Å²) >= 11 is 0. The lowest BCUT2D eigenvalue weighted by Gasteiger charge is -2.42. The van der Waals surface area contributed by atoms with E-state index in [1.54, 1.807) is 31.3 Å². The third-order valence-electron chi connectivity index (χ3n) is 6.77. The van der Waals surface area contributed by atoms with Gasteiger partial charge in [-0.3, -0.25) is 24.0 Å². The van der Waals surface area contributed by atoms with Crippen molar-refractivity contribution in [1.82, 2.24) is 14.8 Å². The number of aromatic nitrogens is 1. The Hall–Kier alpha value is -2.92. The molecular weight excluding hydrogens is 478 g/mol. The third kappa shape index (κ3) is 5.73. The van der Waals surface area contributed by atoms with Crippen LogP contribution in [0.15, 0.2) is 30.5 Å². The first-order valence-corrected chi connectivity index (χ1v) is 12.0. The average molecular weight is 510 g/mol. The molecule has 1 fully saturated rings. The summed E-state index contributed by atoms with van der Waals surface area (Å²) in [6.45, 7) is 2.70. The van der Waals surface area contributed by atoms with Gasteiger partial charge in [0, 0.05) is 31.2 Å². The molecule has 0 unspecified atom stereocenters. The number of nitrogens with zero attached hydrogens (tertiary/aromatic N) is 3. The van der Waals surface area contributed by atoms with E-state index in [-0.39, 0.29) is 12.7 Å². The Bertz CT molecular complexity index is 1040. The minimum Gasteiger partial charge on any atom is -0.494 e. The number of likely N-dealkylation sites (tertiary alicyclic amines) is 1. The average Bonchev–Trinajstić information content (AvgIpc) is 2.81. The number of ether oxygens (including phenoxy) is 1. The van der Waals surface area contributed by atoms with Gasteiger partial charge in [-0.25, -0.2) is 0 Å². The molecule has 7 nitrogen and oxygen atoms in total. The van der Waals surface area contributed by atoms with Gasteiger partial charge in [-0.05, 0) is 43.5 Å². The van der Waals surface area contributed by atoms with Crippen molar-refractivity contribution in [3.63, 3.8) is 0 Å². The molecule has 1 amide bonds. The normalized spacial score (nSPS) is 20.9. The van der Waals surface area contributed by atoms with Crippen LogP contribution in [0.2, 0.25) is 0 Å². The number of carbonyl (C=O) groups is 1. The van der Waals surface area contributed by atoms with E-state index in [9.17, 15) is 22.4 Å². The largest absolute Gasteiger partial charge is 0.494 e. The molecule has 11 heteroatoms. The summed E-state index contributed by atoms with van der Waals surface area (Å²) in [5, 5.41) is 5.98. The second-order valence-corrected chi connectivity index (χ2v) is 9.33. The summed E-state index contributed by atoms with van der Waals surface area (Å²) in [7, 11) is 1.48. The van der Waals surface area contributed by atoms with Gasteiger partial charge >= 0.3 is 6.18 Å². The Kier molecular flexibility index (Phi) is 7.99. The fourth-order valence-corrected chi connectivity index (χ4v) is 5.16. The molecule has 0 bridgehead atoms. The number of halogens is 4. The van der Waals surface area contributed by atoms with Crippen LogP contribution in [0.4, 0.5) is 28.9 Å². The number of carbonyl (C=O) groups excluding carboxylic acids is 1. The molecule has 36 heavy (non-hydrogen) atoms. The van der Waals surface area contributed by atoms with E-state index in [4.69, 9.17) is 4.74 Å². The molecule has 0 saturated carbocycles. The summed E-state index contributed by atoms with van der Waals surface area (Å²) in [4.78, 5) is 19.2. The Balaban J connectivity index is 1.61. The Morgan fingerprint density at radius 3 is 2.61 bits per heavy atom. The van der Waals surface area contributed by atoms with Gasteiger partial charge in [-0.2, -0.15) is 13.2 Å². The van der Waals surface area contributed by atoms with Crippen LogP contribution >= 0.6 is 0 Å². The van der Waals surface area contributed by atoms with Gasteiger partial charge in [-0.15, -0.1) is 0 Å². The van der Waals surface area contributed by atoms with E-state index < -0.39 is 24.8 Å². The number of rotatable bonds is 10. The number of hydrogen-bond donors (Lipinski definition) is 2. The van der Waals surface area contributed by atoms with Crippen molar-refractivity contribution < 1.29 is 27.1 Å². The van der Waals surface area contributed by atoms with Gasteiger partial charge in [0.2, 0.25) is 6.41 Å². The zero-order chi connectivity index (χ0) is 25.9. The first-order valence-electron chi connectivity index (χ1n) is 12.0. The molecule has 1 saturated heterocycles. The Labute approximate surface area is 207 Å². The summed E-state index contributed by atoms with van der Waals surface area (Å²) in [5.74, 6) is 0.448. The minimum atomic E-state index is -4.38. The molecule has 2 N–H and O–H groups in total. The molecule has 0 spiro atoms. The topological polar surface area (TPSA) is 69.7 Å². The standard InChI is InChI=1S/C25H31F4N5O2/c1-16-10-20-19(5-7-22(31-15-35)24(20)36-2)23(34(16)14-25(27,28)29)21-6-4-17(11-30-21)32-18-12-33(13-18)9-3-8-26/h4-7,11,15-16,18,23,32H,3,8-10,12-14H2,1-2H3,(H,31,35)/t16-,23+/m1/s1. The van der Waals surface area contributed by atoms with Crippen LogP contribution in [0.25, 0.3) is 0 Å². The molecule has 2 aromatic rings. The highest BCUT2D eigenvalue weighted by Gasteiger charge is 2.42. The highest BCUT2D eigenvalue weighted by Crippen LogP contribution is 2.44. The fourth-order valence-electron chi connectivity index (χ4n) is 5.16. The predicted octanol–water partition coefficient (Wildman–Crippen LogP) is 4.01. The molecule has 2 aliphatic rings. The van der Waals surface area contributed by atoms with E-state index in [1.807, 2.05) is 6.07 Å². The van der Waals surface area contributed by atoms with Crippen molar-refractivity contribution >= 4 is 17.8 Å². The van der Waals surface area contributed by atoms with Crippen molar-refractivity contribution in [1.29, 1.82) is 0 Å². The van der Waals surface area contributed by atoms with E-state index in [0.717, 1.165) is 30.9 Å². The zero-order valence-electron chi connectivity index (χ0n) is 20.3. The molecule has 1 aromatic carbocycles. The fraction of sp³-hybridized carbons (Fsp3) is 0.520. The van der Waals surface area contributed by atoms with Crippen LogP contribution in [0.3, 0.4) is 0 Å². The smallest absolute Gasteiger partial charge is 0.401 e. The lowest BCUT2D eigenvalue weighted by molar-refractivity contribution is -0.155. The second kappa shape index (κ2) is 11.0. The number of fused-ring (bicyclic) bond motifs is 1. The molecule has 2 aliphatic heterocycles. The first-order chi connectivity index (χ1) is 17.2. The van der Waals surface area contributed by atoms with E-state index in [2.05, 4.69) is 20.5 Å². The maximum Gasteiger partial charge on any atom is 0.401 e. The Morgan fingerprint density at radius 1 is 1.22 bits per heavy atom. The number of methoxy groups -OCH3 is 1. The van der Waals surface area contributed by atoms with Crippen molar-refractivity contribution in [3.05, 3.63) is 47.3 Å². The maximum absolute atomic E-state index is 13.6. The molecule has 4 rings (SSSR count). The molecule has 1 aromatic heterocycles. The van der Waals surface area contributed by atoms with Gasteiger partial charge in [0.15, 0.2) is 0 Å². The lowest BCUT2D eigenvalue weighted by Crippen LogP contribution is -2.54. The van der Waals surface area contributed by atoms with Gasteiger partial charge in [0.05, 0.1) is 55.7 Å². The molecule has 0 aliphatic carbocycles. The Morgan fingerprint density at radius 2 is 2.00 bits per heavy atom. The number of alkyl halides is 4. The predicted molar refractivity (Wildman–Crippen MR) is 129 cm³/mol. The van der Waals surface area contributed by atoms with Crippen LogP contribution in [0.1, 0.15) is 36.2 Å². The number of pyridine rings is 1. The molecule has 3 heterocycles. The number of anilines is 2. The van der Waals surface area contributed by atoms with E-state index in [1.165, 1.54) is 12.0 Å². The number of nitrogens with one attached hydrogen (secondary N) is 2. The summed E-state index contributed by atoms with van der Waals surface area (Å²) < 4.78 is 58.6. The highest BCUT2D eigenvalue weighted by molar-refractivity contribution is 5.77. The molecular formula is C25H31F4N5O2. The van der Waals surface area contributed by atoms with Gasteiger partial charge in [0.1, 0.15) is 5.75 Å². The van der Waals surface area contributed by atoms with Crippen molar-refractivity contribution in [2.24, 2.45) is 0 Å². The van der Waals surface area contributed by atoms with Gasteiger partial charge in [-0.1, -0.05) is 6.07 Å². The highest BCUT2D eigenvalue weighted by atomic mass is 19.4. The first kappa shape index (κ1) is 26.2. The third-order valence-corrected chi connectivity index (χ3v) is 6.77. The number of amides is 1. The molecule has 196 valence electrons. The van der Waals surface area contributed by atoms with Crippen LogP contribution < -0.4 is 15.4 Å². The molecule has 2 atom stereocenters. The van der Waals surface area contributed by atoms with Crippen molar-refractivity contribution in [2.45, 2.75) is 44.1 Å². The van der Waals surface area contributed by atoms with Gasteiger partial charge in [0.25, 0.3) is 0 Å². The van der Waals surface area contributed by atoms with Crippen LogP contribution in [0.5, 0.6) is 5.75 Å². The lowest BCUT2D eigenvalue weighted by atomic mass is 9.85. The summed E-state index contributed by atoms with van der Waals surface area (Å²) in [6.07, 6.45) is -1.34. The van der Waals surface area contributed by atoms with Crippen LogP contribution in [-0.4, -0.2) is 79.4 Å². The second-order valence-electron chi connectivity index (χ2n) is 9.33.